The van der Waals surface area contributed by atoms with Gasteiger partial charge < -0.3 is 11.1 Å². The number of hydrogen-bond acceptors (Lipinski definition) is 3. The maximum atomic E-state index is 12.2. The molecule has 1 aromatic carbocycles. The van der Waals surface area contributed by atoms with Gasteiger partial charge >= 0.3 is 0 Å². The van der Waals surface area contributed by atoms with E-state index >= 15 is 0 Å². The van der Waals surface area contributed by atoms with Gasteiger partial charge in [-0.15, -0.1) is 0 Å². The highest BCUT2D eigenvalue weighted by molar-refractivity contribution is 5.81. The molecule has 0 saturated carbocycles. The number of anilines is 1. The summed E-state index contributed by atoms with van der Waals surface area (Å²) in [5.41, 5.74) is 7.64. The Bertz CT molecular complexity index is 417. The number of nitrogens with two attached hydrogens (primary N) is 1. The number of carbonyl (C=O) groups is 1. The second-order valence-corrected chi connectivity index (χ2v) is 5.48. The van der Waals surface area contributed by atoms with Crippen LogP contribution in [0.4, 0.5) is 5.69 Å². The first-order valence-corrected chi connectivity index (χ1v) is 7.94. The van der Waals surface area contributed by atoms with Crippen LogP contribution in [0.2, 0.25) is 0 Å². The lowest BCUT2D eigenvalue weighted by Crippen LogP contribution is -2.44. The molecule has 1 atom stereocenters. The lowest BCUT2D eigenvalue weighted by atomic mass is 10.1. The van der Waals surface area contributed by atoms with Crippen LogP contribution in [0.15, 0.2) is 24.3 Å². The fraction of sp³-hybridized carbons (Fsp3) is 0.588. The van der Waals surface area contributed by atoms with Gasteiger partial charge in [-0.3, -0.25) is 9.69 Å². The van der Waals surface area contributed by atoms with Crippen LogP contribution in [-0.4, -0.2) is 29.9 Å². The van der Waals surface area contributed by atoms with Crippen molar-refractivity contribution in [2.24, 2.45) is 0 Å². The number of nitrogen functional groups attached to an aromatic ring is 1. The van der Waals surface area contributed by atoms with E-state index in [1.165, 1.54) is 12.0 Å². The Morgan fingerprint density at radius 2 is 1.90 bits per heavy atom. The molecule has 0 aliphatic rings. The third-order valence-corrected chi connectivity index (χ3v) is 3.78. The van der Waals surface area contributed by atoms with Crippen molar-refractivity contribution < 1.29 is 4.79 Å². The number of amides is 1. The van der Waals surface area contributed by atoms with Crippen LogP contribution in [0.3, 0.4) is 0 Å². The highest BCUT2D eigenvalue weighted by Gasteiger charge is 2.19. The largest absolute Gasteiger partial charge is 0.399 e. The molecule has 0 aromatic heterocycles. The van der Waals surface area contributed by atoms with E-state index in [0.717, 1.165) is 38.2 Å². The molecule has 1 rings (SSSR count). The van der Waals surface area contributed by atoms with Crippen molar-refractivity contribution in [1.29, 1.82) is 0 Å². The summed E-state index contributed by atoms with van der Waals surface area (Å²) in [7, 11) is 0. The van der Waals surface area contributed by atoms with Crippen molar-refractivity contribution >= 4 is 11.6 Å². The molecule has 21 heavy (non-hydrogen) atoms. The van der Waals surface area contributed by atoms with Gasteiger partial charge in [-0.2, -0.15) is 0 Å². The van der Waals surface area contributed by atoms with Gasteiger partial charge in [0.05, 0.1) is 6.04 Å². The van der Waals surface area contributed by atoms with E-state index in [1.807, 2.05) is 31.2 Å². The maximum absolute atomic E-state index is 12.2. The number of benzene rings is 1. The fourth-order valence-corrected chi connectivity index (χ4v) is 2.28. The number of nitrogens with one attached hydrogen (secondary N) is 1. The minimum atomic E-state index is -0.117. The van der Waals surface area contributed by atoms with Gasteiger partial charge in [0.15, 0.2) is 0 Å². The van der Waals surface area contributed by atoms with Crippen LogP contribution in [0.5, 0.6) is 0 Å². The summed E-state index contributed by atoms with van der Waals surface area (Å²) in [6, 6.07) is 7.72. The van der Waals surface area contributed by atoms with Crippen molar-refractivity contribution in [3.63, 3.8) is 0 Å². The van der Waals surface area contributed by atoms with E-state index in [0.29, 0.717) is 0 Å². The van der Waals surface area contributed by atoms with Gasteiger partial charge in [-0.25, -0.2) is 0 Å². The van der Waals surface area contributed by atoms with Gasteiger partial charge in [0.25, 0.3) is 0 Å². The molecular weight excluding hydrogens is 262 g/mol. The topological polar surface area (TPSA) is 58.4 Å². The van der Waals surface area contributed by atoms with E-state index in [-0.39, 0.29) is 11.9 Å². The average molecular weight is 291 g/mol. The maximum Gasteiger partial charge on any atom is 0.237 e. The minimum absolute atomic E-state index is 0.114. The predicted molar refractivity (Wildman–Crippen MR) is 88.9 cm³/mol. The SMILES string of the molecule is CCCCCNC(=O)C(C)N(CC)Cc1ccc(N)cc1. The van der Waals surface area contributed by atoms with Crippen LogP contribution in [0.1, 0.15) is 45.6 Å². The summed E-state index contributed by atoms with van der Waals surface area (Å²) in [6.45, 7) is 8.59. The summed E-state index contributed by atoms with van der Waals surface area (Å²) in [5.74, 6) is 0.114. The van der Waals surface area contributed by atoms with Crippen molar-refractivity contribution in [3.05, 3.63) is 29.8 Å². The Labute approximate surface area is 128 Å². The van der Waals surface area contributed by atoms with Crippen molar-refractivity contribution in [2.75, 3.05) is 18.8 Å². The lowest BCUT2D eigenvalue weighted by molar-refractivity contribution is -0.126. The van der Waals surface area contributed by atoms with E-state index in [1.54, 1.807) is 0 Å². The van der Waals surface area contributed by atoms with E-state index < -0.39 is 0 Å². The highest BCUT2D eigenvalue weighted by Crippen LogP contribution is 2.11. The first-order chi connectivity index (χ1) is 10.1. The fourth-order valence-electron chi connectivity index (χ4n) is 2.28. The normalized spacial score (nSPS) is 12.4. The smallest absolute Gasteiger partial charge is 0.237 e. The molecule has 1 amide bonds. The van der Waals surface area contributed by atoms with Gasteiger partial charge in [0.2, 0.25) is 5.91 Å². The summed E-state index contributed by atoms with van der Waals surface area (Å²) < 4.78 is 0. The van der Waals surface area contributed by atoms with Gasteiger partial charge in [-0.1, -0.05) is 38.8 Å². The van der Waals surface area contributed by atoms with Gasteiger partial charge in [0.1, 0.15) is 0 Å². The molecule has 118 valence electrons. The van der Waals surface area contributed by atoms with Crippen molar-refractivity contribution in [2.45, 2.75) is 52.6 Å². The Morgan fingerprint density at radius 1 is 1.24 bits per heavy atom. The third-order valence-electron chi connectivity index (χ3n) is 3.78. The van der Waals surface area contributed by atoms with Gasteiger partial charge in [-0.05, 0) is 37.6 Å². The highest BCUT2D eigenvalue weighted by atomic mass is 16.2. The quantitative estimate of drug-likeness (QED) is 0.543. The summed E-state index contributed by atoms with van der Waals surface area (Å²) in [6.07, 6.45) is 3.39. The molecule has 0 fully saturated rings. The molecule has 0 spiro atoms. The van der Waals surface area contributed by atoms with Crippen molar-refractivity contribution in [3.8, 4) is 0 Å². The Balaban J connectivity index is 2.49. The van der Waals surface area contributed by atoms with Crippen molar-refractivity contribution in [1.82, 2.24) is 10.2 Å². The third kappa shape index (κ3) is 6.17. The lowest BCUT2D eigenvalue weighted by Gasteiger charge is -2.27. The molecular formula is C17H29N3O. The molecule has 0 aliphatic heterocycles. The zero-order chi connectivity index (χ0) is 15.7. The van der Waals surface area contributed by atoms with Crippen LogP contribution in [-0.2, 0) is 11.3 Å². The van der Waals surface area contributed by atoms with Crippen LogP contribution < -0.4 is 11.1 Å². The average Bonchev–Trinajstić information content (AvgIpc) is 2.50. The second-order valence-electron chi connectivity index (χ2n) is 5.48. The molecule has 3 N–H and O–H groups in total. The standard InChI is InChI=1S/C17H29N3O/c1-4-6-7-12-19-17(21)14(3)20(5-2)13-15-8-10-16(18)11-9-15/h8-11,14H,4-7,12-13,18H2,1-3H3,(H,19,21). The molecule has 1 aromatic rings. The van der Waals surface area contributed by atoms with Crippen LogP contribution in [0.25, 0.3) is 0 Å². The number of carbonyl (C=O) groups excluding carboxylic acids is 1. The van der Waals surface area contributed by atoms with E-state index in [9.17, 15) is 4.79 Å². The number of hydrogen-bond donors (Lipinski definition) is 2. The number of unbranched alkanes of at least 4 members (excludes halogenated alkanes) is 2. The van der Waals surface area contributed by atoms with E-state index in [4.69, 9.17) is 5.73 Å². The zero-order valence-electron chi connectivity index (χ0n) is 13.6. The Morgan fingerprint density at radius 3 is 2.48 bits per heavy atom. The molecule has 4 heteroatoms. The number of rotatable bonds is 9. The first-order valence-electron chi connectivity index (χ1n) is 7.94. The van der Waals surface area contributed by atoms with Crippen LogP contribution >= 0.6 is 0 Å². The van der Waals surface area contributed by atoms with Gasteiger partial charge in [0, 0.05) is 18.8 Å². The van der Waals surface area contributed by atoms with Crippen LogP contribution in [0, 0.1) is 0 Å². The molecule has 0 saturated heterocycles. The first kappa shape index (κ1) is 17.5. The summed E-state index contributed by atoms with van der Waals surface area (Å²) in [5, 5.41) is 3.03. The Kier molecular flexibility index (Phi) is 7.83. The molecule has 0 aliphatic carbocycles. The number of likely N-dealkylation sites (N-methyl/N-ethyl adjacent to an activating group) is 1. The second kappa shape index (κ2) is 9.40. The molecule has 0 heterocycles. The summed E-state index contributed by atoms with van der Waals surface area (Å²) in [4.78, 5) is 14.3. The molecule has 0 bridgehead atoms. The Hall–Kier alpha value is -1.55. The predicted octanol–water partition coefficient (Wildman–Crippen LogP) is 2.79. The molecule has 1 unspecified atom stereocenters. The zero-order valence-corrected chi connectivity index (χ0v) is 13.6. The summed E-state index contributed by atoms with van der Waals surface area (Å²) >= 11 is 0. The number of nitrogens with zero attached hydrogens (tertiary/aromatic N) is 1. The minimum Gasteiger partial charge on any atom is -0.399 e. The molecule has 4 nitrogen and oxygen atoms in total. The molecule has 0 radical (unpaired) electrons. The van der Waals surface area contributed by atoms with E-state index in [2.05, 4.69) is 24.1 Å². The monoisotopic (exact) mass is 291 g/mol.